The lowest BCUT2D eigenvalue weighted by Crippen LogP contribution is -2.56. The maximum atomic E-state index is 12.1. The lowest BCUT2D eigenvalue weighted by Gasteiger charge is -2.22. The predicted octanol–water partition coefficient (Wildman–Crippen LogP) is 0.402. The Morgan fingerprint density at radius 1 is 1.24 bits per heavy atom. The molecule has 2 N–H and O–H groups in total. The largest absolute Gasteiger partial charge is 0.497 e. The number of rotatable bonds is 4. The highest BCUT2D eigenvalue weighted by atomic mass is 32.2. The minimum atomic E-state index is -1.14. The summed E-state index contributed by atoms with van der Waals surface area (Å²) >= 11 is 6.15. The molecule has 130 valence electrons. The molecule has 0 saturated carbocycles. The quantitative estimate of drug-likeness (QED) is 0.447. The Kier molecular flexibility index (Phi) is 5.00. The Balaban J connectivity index is 1.78. The topological polar surface area (TPSA) is 100 Å². The number of methoxy groups -OCH3 is 1. The van der Waals surface area contributed by atoms with Gasteiger partial charge in [0.2, 0.25) is 11.8 Å². The van der Waals surface area contributed by atoms with E-state index in [2.05, 4.69) is 15.7 Å². The summed E-state index contributed by atoms with van der Waals surface area (Å²) in [6, 6.07) is 7.28. The van der Waals surface area contributed by atoms with Gasteiger partial charge in [-0.2, -0.15) is 5.10 Å². The molecule has 10 heteroatoms. The number of hydrogen-bond acceptors (Lipinski definition) is 7. The lowest BCUT2D eigenvalue weighted by molar-refractivity contribution is -0.132. The van der Waals surface area contributed by atoms with E-state index < -0.39 is 17.7 Å². The second-order valence-electron chi connectivity index (χ2n) is 5.22. The van der Waals surface area contributed by atoms with Crippen molar-refractivity contribution in [2.45, 2.75) is 5.37 Å². The van der Waals surface area contributed by atoms with Crippen LogP contribution in [-0.2, 0) is 14.4 Å². The molecule has 25 heavy (non-hydrogen) atoms. The van der Waals surface area contributed by atoms with Crippen LogP contribution in [0, 0.1) is 5.92 Å². The number of hydrogen-bond donors (Lipinski definition) is 2. The zero-order valence-corrected chi connectivity index (χ0v) is 14.7. The summed E-state index contributed by atoms with van der Waals surface area (Å²) in [4.78, 5) is 35.8. The van der Waals surface area contributed by atoms with Crippen LogP contribution in [0.3, 0.4) is 0 Å². The number of ether oxygens (including phenoxy) is 1. The van der Waals surface area contributed by atoms with Gasteiger partial charge in [0.1, 0.15) is 11.1 Å². The van der Waals surface area contributed by atoms with Crippen LogP contribution in [0.25, 0.3) is 0 Å². The van der Waals surface area contributed by atoms with Crippen molar-refractivity contribution < 1.29 is 19.1 Å². The van der Waals surface area contributed by atoms with Crippen LogP contribution in [0.1, 0.15) is 10.9 Å². The Morgan fingerprint density at radius 3 is 2.48 bits per heavy atom. The molecule has 2 heterocycles. The van der Waals surface area contributed by atoms with Gasteiger partial charge >= 0.3 is 0 Å². The van der Waals surface area contributed by atoms with Gasteiger partial charge in [0.15, 0.2) is 11.0 Å². The number of carbonyl (C=O) groups excluding carboxylic acids is 3. The Hall–Kier alpha value is -2.46. The summed E-state index contributed by atoms with van der Waals surface area (Å²) in [5.41, 5.74) is 0.868. The standard InChI is InChI=1S/C15H14N4O4S2/c1-23-9-4-2-8(3-5-9)14-19(11(20)7-25-14)16-6-10-12(21)17-15(24)18-13(10)22/h2-6,10,14H,7H2,1H3,(H2,17,18,21,22,24)/b16-6+. The van der Waals surface area contributed by atoms with Crippen molar-refractivity contribution in [2.75, 3.05) is 12.9 Å². The fourth-order valence-corrected chi connectivity index (χ4v) is 3.65. The van der Waals surface area contributed by atoms with Crippen LogP contribution in [0.2, 0.25) is 0 Å². The van der Waals surface area contributed by atoms with E-state index in [-0.39, 0.29) is 22.1 Å². The van der Waals surface area contributed by atoms with Crippen LogP contribution >= 0.6 is 24.0 Å². The van der Waals surface area contributed by atoms with Gasteiger partial charge in [-0.15, -0.1) is 11.8 Å². The predicted molar refractivity (Wildman–Crippen MR) is 95.9 cm³/mol. The number of amides is 3. The second kappa shape index (κ2) is 7.19. The first-order chi connectivity index (χ1) is 12.0. The van der Waals surface area contributed by atoms with Gasteiger partial charge in [-0.1, -0.05) is 12.1 Å². The van der Waals surface area contributed by atoms with Crippen LogP contribution in [0.4, 0.5) is 0 Å². The maximum absolute atomic E-state index is 12.1. The highest BCUT2D eigenvalue weighted by Gasteiger charge is 2.35. The number of nitrogens with zero attached hydrogens (tertiary/aromatic N) is 2. The number of carbonyl (C=O) groups is 3. The van der Waals surface area contributed by atoms with Gasteiger partial charge in [0.25, 0.3) is 5.91 Å². The summed E-state index contributed by atoms with van der Waals surface area (Å²) in [5.74, 6) is -1.51. The smallest absolute Gasteiger partial charge is 0.254 e. The zero-order valence-electron chi connectivity index (χ0n) is 13.1. The summed E-state index contributed by atoms with van der Waals surface area (Å²) in [6.45, 7) is 0. The average Bonchev–Trinajstić information content (AvgIpc) is 2.95. The van der Waals surface area contributed by atoms with Crippen LogP contribution < -0.4 is 15.4 Å². The lowest BCUT2D eigenvalue weighted by atomic mass is 10.1. The molecule has 3 rings (SSSR count). The zero-order chi connectivity index (χ0) is 18.0. The minimum Gasteiger partial charge on any atom is -0.497 e. The molecule has 0 aliphatic carbocycles. The van der Waals surface area contributed by atoms with E-state index in [0.717, 1.165) is 11.8 Å². The molecule has 0 aromatic heterocycles. The van der Waals surface area contributed by atoms with Crippen molar-refractivity contribution in [3.8, 4) is 5.75 Å². The third kappa shape index (κ3) is 3.64. The highest BCUT2D eigenvalue weighted by Crippen LogP contribution is 2.39. The Labute approximate surface area is 153 Å². The molecule has 8 nitrogen and oxygen atoms in total. The van der Waals surface area contributed by atoms with Crippen molar-refractivity contribution in [3.63, 3.8) is 0 Å². The van der Waals surface area contributed by atoms with Crippen molar-refractivity contribution >= 4 is 53.0 Å². The van der Waals surface area contributed by atoms with Gasteiger partial charge in [0, 0.05) is 6.21 Å². The van der Waals surface area contributed by atoms with Gasteiger partial charge < -0.3 is 15.4 Å². The van der Waals surface area contributed by atoms with E-state index in [4.69, 9.17) is 17.0 Å². The molecule has 1 aromatic rings. The number of nitrogens with one attached hydrogen (secondary N) is 2. The van der Waals surface area contributed by atoms with E-state index >= 15 is 0 Å². The molecule has 0 spiro atoms. The average molecular weight is 378 g/mol. The Morgan fingerprint density at radius 2 is 1.88 bits per heavy atom. The normalized spacial score (nSPS) is 21.6. The molecule has 0 radical (unpaired) electrons. The monoisotopic (exact) mass is 378 g/mol. The third-order valence-electron chi connectivity index (χ3n) is 3.62. The minimum absolute atomic E-state index is 0.0384. The molecule has 1 unspecified atom stereocenters. The molecular formula is C15H14N4O4S2. The van der Waals surface area contributed by atoms with E-state index in [1.54, 1.807) is 19.2 Å². The maximum Gasteiger partial charge on any atom is 0.254 e. The summed E-state index contributed by atoms with van der Waals surface area (Å²) in [7, 11) is 1.57. The molecule has 0 bridgehead atoms. The molecule has 2 aliphatic rings. The van der Waals surface area contributed by atoms with Crippen LogP contribution in [-0.4, -0.2) is 46.9 Å². The van der Waals surface area contributed by atoms with E-state index in [9.17, 15) is 14.4 Å². The number of thioether (sulfide) groups is 1. The fraction of sp³-hybridized carbons (Fsp3) is 0.267. The van der Waals surface area contributed by atoms with E-state index in [1.807, 2.05) is 12.1 Å². The molecular weight excluding hydrogens is 364 g/mol. The van der Waals surface area contributed by atoms with Crippen LogP contribution in [0.15, 0.2) is 29.4 Å². The molecule has 1 atom stereocenters. The molecule has 2 saturated heterocycles. The summed E-state index contributed by atoms with van der Waals surface area (Å²) in [6.07, 6.45) is 1.16. The summed E-state index contributed by atoms with van der Waals surface area (Å²) in [5, 5.41) is 9.70. The molecule has 2 fully saturated rings. The SMILES string of the molecule is COc1ccc(C2SCC(=O)N2/N=C/C2C(=O)NC(=S)NC2=O)cc1. The van der Waals surface area contributed by atoms with E-state index in [1.165, 1.54) is 16.8 Å². The van der Waals surface area contributed by atoms with Crippen molar-refractivity contribution in [1.29, 1.82) is 0 Å². The van der Waals surface area contributed by atoms with Gasteiger partial charge in [-0.25, -0.2) is 5.01 Å². The molecule has 2 aliphatic heterocycles. The van der Waals surface area contributed by atoms with Gasteiger partial charge in [-0.3, -0.25) is 14.4 Å². The van der Waals surface area contributed by atoms with Crippen molar-refractivity contribution in [1.82, 2.24) is 15.6 Å². The number of hydrazone groups is 1. The highest BCUT2D eigenvalue weighted by molar-refractivity contribution is 8.00. The number of benzene rings is 1. The van der Waals surface area contributed by atoms with E-state index in [0.29, 0.717) is 5.75 Å². The van der Waals surface area contributed by atoms with Crippen LogP contribution in [0.5, 0.6) is 5.75 Å². The number of thiocarbonyl (C=S) groups is 1. The summed E-state index contributed by atoms with van der Waals surface area (Å²) < 4.78 is 5.12. The second-order valence-corrected chi connectivity index (χ2v) is 6.70. The van der Waals surface area contributed by atoms with Gasteiger partial charge in [0.05, 0.1) is 12.9 Å². The van der Waals surface area contributed by atoms with Crippen molar-refractivity contribution in [3.05, 3.63) is 29.8 Å². The fourth-order valence-electron chi connectivity index (χ4n) is 2.35. The van der Waals surface area contributed by atoms with Gasteiger partial charge in [-0.05, 0) is 29.9 Å². The first-order valence-electron chi connectivity index (χ1n) is 7.27. The molecule has 3 amide bonds. The first kappa shape index (κ1) is 17.4. The first-order valence-corrected chi connectivity index (χ1v) is 8.72. The molecule has 1 aromatic carbocycles. The third-order valence-corrected chi connectivity index (χ3v) is 5.03. The Bertz CT molecular complexity index is 745. The van der Waals surface area contributed by atoms with Crippen molar-refractivity contribution in [2.24, 2.45) is 11.0 Å².